The fraction of sp³-hybridized carbons (Fsp3) is 0.133. The number of nitrogens with one attached hydrogen (secondary N) is 1. The van der Waals surface area contributed by atoms with Gasteiger partial charge in [0.25, 0.3) is 6.01 Å². The van der Waals surface area contributed by atoms with E-state index < -0.39 is 0 Å². The Kier molecular flexibility index (Phi) is 2.95. The summed E-state index contributed by atoms with van der Waals surface area (Å²) in [5, 5.41) is 3.15. The number of nitrogens with two attached hydrogens (primary N) is 1. The lowest BCUT2D eigenvalue weighted by molar-refractivity contribution is 0.414. The van der Waals surface area contributed by atoms with Crippen molar-refractivity contribution in [3.63, 3.8) is 0 Å². The summed E-state index contributed by atoms with van der Waals surface area (Å²) in [6.07, 6.45) is 0. The first kappa shape index (κ1) is 12.3. The van der Waals surface area contributed by atoms with Crippen LogP contribution in [0.4, 0.5) is 17.4 Å². The maximum atomic E-state index is 5.86. The molecule has 3 N–H and O–H groups in total. The third kappa shape index (κ3) is 2.14. The summed E-state index contributed by atoms with van der Waals surface area (Å²) in [4.78, 5) is 4.36. The van der Waals surface area contributed by atoms with Gasteiger partial charge in [-0.15, -0.1) is 0 Å². The second-order valence-corrected chi connectivity index (χ2v) is 4.52. The van der Waals surface area contributed by atoms with Crippen LogP contribution in [0.2, 0.25) is 0 Å². The van der Waals surface area contributed by atoms with Crippen LogP contribution >= 0.6 is 0 Å². The third-order valence-corrected chi connectivity index (χ3v) is 3.13. The summed E-state index contributed by atoms with van der Waals surface area (Å²) in [6.45, 7) is 1.99. The molecule has 20 heavy (non-hydrogen) atoms. The van der Waals surface area contributed by atoms with Crippen LogP contribution in [0.3, 0.4) is 0 Å². The minimum atomic E-state index is 0.422. The molecule has 3 aromatic rings. The summed E-state index contributed by atoms with van der Waals surface area (Å²) >= 11 is 0. The average Bonchev–Trinajstić information content (AvgIpc) is 2.85. The highest BCUT2D eigenvalue weighted by molar-refractivity contribution is 5.86. The molecule has 0 atom stereocenters. The van der Waals surface area contributed by atoms with Crippen LogP contribution in [0.25, 0.3) is 11.1 Å². The number of methoxy groups -OCH3 is 1. The number of hydrogen-bond donors (Lipinski definition) is 2. The van der Waals surface area contributed by atoms with Gasteiger partial charge >= 0.3 is 0 Å². The highest BCUT2D eigenvalue weighted by Crippen LogP contribution is 2.28. The van der Waals surface area contributed by atoms with Crippen molar-refractivity contribution in [2.75, 3.05) is 18.2 Å². The number of nitrogens with zero attached hydrogens (tertiary/aromatic N) is 1. The normalized spacial score (nSPS) is 10.7. The largest absolute Gasteiger partial charge is 0.497 e. The van der Waals surface area contributed by atoms with Crippen molar-refractivity contribution in [1.82, 2.24) is 4.98 Å². The molecule has 0 spiro atoms. The zero-order chi connectivity index (χ0) is 14.1. The Bertz CT molecular complexity index is 765. The predicted molar refractivity (Wildman–Crippen MR) is 79.4 cm³/mol. The Labute approximate surface area is 116 Å². The maximum absolute atomic E-state index is 5.86. The average molecular weight is 269 g/mol. The molecule has 0 fully saturated rings. The summed E-state index contributed by atoms with van der Waals surface area (Å²) in [5.74, 6) is 0.815. The third-order valence-electron chi connectivity index (χ3n) is 3.13. The molecule has 2 aromatic carbocycles. The first-order chi connectivity index (χ1) is 9.67. The second-order valence-electron chi connectivity index (χ2n) is 4.52. The smallest absolute Gasteiger partial charge is 0.300 e. The highest BCUT2D eigenvalue weighted by atomic mass is 16.5. The lowest BCUT2D eigenvalue weighted by Gasteiger charge is -2.07. The van der Waals surface area contributed by atoms with Gasteiger partial charge in [-0.1, -0.05) is 6.07 Å². The molecule has 1 heterocycles. The molecule has 0 saturated heterocycles. The number of anilines is 3. The van der Waals surface area contributed by atoms with Crippen LogP contribution in [0.1, 0.15) is 5.56 Å². The van der Waals surface area contributed by atoms with Gasteiger partial charge in [0, 0.05) is 5.69 Å². The number of aryl methyl sites for hydroxylation is 1. The monoisotopic (exact) mass is 269 g/mol. The zero-order valence-electron chi connectivity index (χ0n) is 11.3. The molecule has 102 valence electrons. The van der Waals surface area contributed by atoms with Crippen molar-refractivity contribution in [2.45, 2.75) is 6.92 Å². The summed E-state index contributed by atoms with van der Waals surface area (Å²) in [5.41, 5.74) is 9.75. The minimum absolute atomic E-state index is 0.422. The number of benzene rings is 2. The first-order valence-corrected chi connectivity index (χ1v) is 6.24. The van der Waals surface area contributed by atoms with E-state index in [-0.39, 0.29) is 0 Å². The van der Waals surface area contributed by atoms with Gasteiger partial charge < -0.3 is 20.2 Å². The van der Waals surface area contributed by atoms with Crippen molar-refractivity contribution in [1.29, 1.82) is 0 Å². The van der Waals surface area contributed by atoms with Crippen molar-refractivity contribution < 1.29 is 9.15 Å². The quantitative estimate of drug-likeness (QED) is 0.712. The number of aromatic nitrogens is 1. The Morgan fingerprint density at radius 1 is 1.25 bits per heavy atom. The number of fused-ring (bicyclic) bond motifs is 1. The van der Waals surface area contributed by atoms with E-state index in [1.807, 2.05) is 37.3 Å². The van der Waals surface area contributed by atoms with Gasteiger partial charge in [0.15, 0.2) is 5.58 Å². The molecule has 5 nitrogen and oxygen atoms in total. The SMILES string of the molecule is COc1ccc(Nc2nc3c(N)cccc3o2)c(C)c1. The molecule has 0 bridgehead atoms. The molecule has 0 radical (unpaired) electrons. The van der Waals surface area contributed by atoms with Gasteiger partial charge in [-0.05, 0) is 42.8 Å². The van der Waals surface area contributed by atoms with Crippen LogP contribution in [0.15, 0.2) is 40.8 Å². The molecule has 0 aliphatic heterocycles. The summed E-state index contributed by atoms with van der Waals surface area (Å²) in [6, 6.07) is 11.6. The fourth-order valence-electron chi connectivity index (χ4n) is 2.04. The first-order valence-electron chi connectivity index (χ1n) is 6.24. The molecule has 0 unspecified atom stereocenters. The Hall–Kier alpha value is -2.69. The van der Waals surface area contributed by atoms with E-state index in [4.69, 9.17) is 14.9 Å². The fourth-order valence-corrected chi connectivity index (χ4v) is 2.04. The summed E-state index contributed by atoms with van der Waals surface area (Å²) < 4.78 is 10.8. The van der Waals surface area contributed by atoms with E-state index in [9.17, 15) is 0 Å². The Morgan fingerprint density at radius 3 is 2.80 bits per heavy atom. The molecule has 1 aromatic heterocycles. The molecule has 0 aliphatic carbocycles. The number of ether oxygens (including phenoxy) is 1. The van der Waals surface area contributed by atoms with E-state index in [0.29, 0.717) is 22.8 Å². The van der Waals surface area contributed by atoms with Gasteiger partial charge in [-0.25, -0.2) is 0 Å². The maximum Gasteiger partial charge on any atom is 0.300 e. The topological polar surface area (TPSA) is 73.3 Å². The number of para-hydroxylation sites is 1. The van der Waals surface area contributed by atoms with Crippen LogP contribution in [0, 0.1) is 6.92 Å². The van der Waals surface area contributed by atoms with Gasteiger partial charge in [0.1, 0.15) is 11.3 Å². The molecule has 0 aliphatic rings. The van der Waals surface area contributed by atoms with Gasteiger partial charge in [-0.2, -0.15) is 4.98 Å². The van der Waals surface area contributed by atoms with E-state index in [1.165, 1.54) is 0 Å². The van der Waals surface area contributed by atoms with E-state index in [2.05, 4.69) is 10.3 Å². The zero-order valence-corrected chi connectivity index (χ0v) is 11.3. The molecule has 0 saturated carbocycles. The summed E-state index contributed by atoms with van der Waals surface area (Å²) in [7, 11) is 1.64. The van der Waals surface area contributed by atoms with Crippen LogP contribution in [0.5, 0.6) is 5.75 Å². The van der Waals surface area contributed by atoms with Crippen LogP contribution in [-0.4, -0.2) is 12.1 Å². The Balaban J connectivity index is 1.95. The molecular weight excluding hydrogens is 254 g/mol. The lowest BCUT2D eigenvalue weighted by Crippen LogP contribution is -1.94. The van der Waals surface area contributed by atoms with Crippen LogP contribution < -0.4 is 15.8 Å². The van der Waals surface area contributed by atoms with Gasteiger partial charge in [-0.3, -0.25) is 0 Å². The number of nitrogen functional groups attached to an aromatic ring is 1. The van der Waals surface area contributed by atoms with Gasteiger partial charge in [0.2, 0.25) is 0 Å². The van der Waals surface area contributed by atoms with Gasteiger partial charge in [0.05, 0.1) is 12.8 Å². The van der Waals surface area contributed by atoms with Crippen molar-refractivity contribution in [2.24, 2.45) is 0 Å². The molecular formula is C15H15N3O2. The van der Waals surface area contributed by atoms with E-state index in [0.717, 1.165) is 17.0 Å². The molecule has 0 amide bonds. The van der Waals surface area contributed by atoms with E-state index >= 15 is 0 Å². The highest BCUT2D eigenvalue weighted by Gasteiger charge is 2.09. The molecule has 3 rings (SSSR count). The van der Waals surface area contributed by atoms with Crippen molar-refractivity contribution in [3.8, 4) is 5.75 Å². The van der Waals surface area contributed by atoms with Crippen LogP contribution in [-0.2, 0) is 0 Å². The van der Waals surface area contributed by atoms with Crippen molar-refractivity contribution in [3.05, 3.63) is 42.0 Å². The minimum Gasteiger partial charge on any atom is -0.497 e. The second kappa shape index (κ2) is 4.77. The lowest BCUT2D eigenvalue weighted by atomic mass is 10.2. The van der Waals surface area contributed by atoms with E-state index in [1.54, 1.807) is 13.2 Å². The standard InChI is InChI=1S/C15H15N3O2/c1-9-8-10(19-2)6-7-12(9)17-15-18-14-11(16)4-3-5-13(14)20-15/h3-8H,16H2,1-2H3,(H,17,18). The number of hydrogen-bond acceptors (Lipinski definition) is 5. The number of rotatable bonds is 3. The number of oxazole rings is 1. The predicted octanol–water partition coefficient (Wildman–Crippen LogP) is 3.47. The van der Waals surface area contributed by atoms with Crippen molar-refractivity contribution >= 4 is 28.5 Å². The Morgan fingerprint density at radius 2 is 2.10 bits per heavy atom. The molecule has 5 heteroatoms.